The molecule has 1 atom stereocenters. The zero-order valence-electron chi connectivity index (χ0n) is 10.1. The molecule has 0 spiro atoms. The number of methoxy groups -OCH3 is 2. The fraction of sp³-hybridized carbons (Fsp3) is 0.462. The molecule has 1 aromatic rings. The van der Waals surface area contributed by atoms with Gasteiger partial charge < -0.3 is 15.2 Å². The summed E-state index contributed by atoms with van der Waals surface area (Å²) in [5.41, 5.74) is 7.53. The van der Waals surface area contributed by atoms with Crippen LogP contribution in [0.2, 0.25) is 0 Å². The first-order valence-corrected chi connectivity index (χ1v) is 5.56. The van der Waals surface area contributed by atoms with E-state index in [-0.39, 0.29) is 0 Å². The average molecular weight is 232 g/mol. The fourth-order valence-electron chi connectivity index (χ4n) is 2.24. The molecule has 0 heterocycles. The first-order valence-electron chi connectivity index (χ1n) is 5.56. The summed E-state index contributed by atoms with van der Waals surface area (Å²) in [4.78, 5) is 0. The van der Waals surface area contributed by atoms with Crippen molar-refractivity contribution in [3.05, 3.63) is 23.3 Å². The molecule has 0 aliphatic heterocycles. The van der Waals surface area contributed by atoms with Crippen LogP contribution in [0.1, 0.15) is 17.5 Å². The quantitative estimate of drug-likeness (QED) is 0.837. The van der Waals surface area contributed by atoms with Crippen molar-refractivity contribution in [2.45, 2.75) is 24.8 Å². The third-order valence-electron chi connectivity index (χ3n) is 3.27. The van der Waals surface area contributed by atoms with Gasteiger partial charge in [0, 0.05) is 6.42 Å². The largest absolute Gasteiger partial charge is 0.493 e. The maximum absolute atomic E-state index is 9.07. The van der Waals surface area contributed by atoms with E-state index in [2.05, 4.69) is 6.07 Å². The predicted molar refractivity (Wildman–Crippen MR) is 64.1 cm³/mol. The van der Waals surface area contributed by atoms with Gasteiger partial charge in [-0.25, -0.2) is 0 Å². The standard InChI is InChI=1S/C13H16N2O2/c1-16-11-5-9-3-4-13(15,8-14)7-10(9)6-12(11)17-2/h5-6H,3-4,7,15H2,1-2H3. The number of rotatable bonds is 2. The number of hydrogen-bond acceptors (Lipinski definition) is 4. The van der Waals surface area contributed by atoms with E-state index in [0.717, 1.165) is 17.7 Å². The highest BCUT2D eigenvalue weighted by Crippen LogP contribution is 2.35. The first kappa shape index (κ1) is 11.7. The summed E-state index contributed by atoms with van der Waals surface area (Å²) in [6.07, 6.45) is 2.06. The van der Waals surface area contributed by atoms with E-state index >= 15 is 0 Å². The topological polar surface area (TPSA) is 68.3 Å². The van der Waals surface area contributed by atoms with Crippen LogP contribution in [0.15, 0.2) is 12.1 Å². The molecule has 4 heteroatoms. The SMILES string of the molecule is COc1cc2c(cc1OC)CC(N)(C#N)CC2. The van der Waals surface area contributed by atoms with Crippen LogP contribution >= 0.6 is 0 Å². The van der Waals surface area contributed by atoms with Gasteiger partial charge in [-0.2, -0.15) is 5.26 Å². The number of benzene rings is 1. The van der Waals surface area contributed by atoms with Crippen molar-refractivity contribution in [1.82, 2.24) is 0 Å². The second kappa shape index (κ2) is 4.27. The van der Waals surface area contributed by atoms with Gasteiger partial charge >= 0.3 is 0 Å². The summed E-state index contributed by atoms with van der Waals surface area (Å²) in [6, 6.07) is 6.09. The Labute approximate surface area is 101 Å². The van der Waals surface area contributed by atoms with Crippen molar-refractivity contribution in [2.24, 2.45) is 5.73 Å². The maximum atomic E-state index is 9.07. The van der Waals surface area contributed by atoms with E-state index in [9.17, 15) is 0 Å². The van der Waals surface area contributed by atoms with Crippen molar-refractivity contribution < 1.29 is 9.47 Å². The van der Waals surface area contributed by atoms with Crippen LogP contribution in [0.4, 0.5) is 0 Å². The van der Waals surface area contributed by atoms with Gasteiger partial charge in [0.1, 0.15) is 5.54 Å². The lowest BCUT2D eigenvalue weighted by Crippen LogP contribution is -2.43. The monoisotopic (exact) mass is 232 g/mol. The lowest BCUT2D eigenvalue weighted by atomic mass is 9.79. The molecule has 17 heavy (non-hydrogen) atoms. The summed E-state index contributed by atoms with van der Waals surface area (Å²) in [6.45, 7) is 0. The zero-order valence-corrected chi connectivity index (χ0v) is 10.1. The van der Waals surface area contributed by atoms with E-state index in [0.29, 0.717) is 18.6 Å². The third-order valence-corrected chi connectivity index (χ3v) is 3.27. The van der Waals surface area contributed by atoms with Gasteiger partial charge in [-0.05, 0) is 36.1 Å². The molecule has 0 saturated heterocycles. The second-order valence-corrected chi connectivity index (χ2v) is 4.42. The summed E-state index contributed by atoms with van der Waals surface area (Å²) in [5, 5.41) is 9.07. The Hall–Kier alpha value is -1.73. The summed E-state index contributed by atoms with van der Waals surface area (Å²) >= 11 is 0. The Bertz CT molecular complexity index is 479. The summed E-state index contributed by atoms with van der Waals surface area (Å²) in [7, 11) is 3.22. The molecular formula is C13H16N2O2. The molecule has 0 amide bonds. The Balaban J connectivity index is 2.43. The van der Waals surface area contributed by atoms with Gasteiger partial charge in [-0.3, -0.25) is 0 Å². The molecule has 0 aromatic heterocycles. The van der Waals surface area contributed by atoms with Crippen LogP contribution in [0.3, 0.4) is 0 Å². The Kier molecular flexibility index (Phi) is 2.95. The molecule has 0 saturated carbocycles. The average Bonchev–Trinajstić information content (AvgIpc) is 2.37. The normalized spacial score (nSPS) is 22.5. The Morgan fingerprint density at radius 1 is 1.24 bits per heavy atom. The maximum Gasteiger partial charge on any atom is 0.161 e. The van der Waals surface area contributed by atoms with Crippen molar-refractivity contribution in [1.29, 1.82) is 5.26 Å². The highest BCUT2D eigenvalue weighted by molar-refractivity contribution is 5.49. The minimum Gasteiger partial charge on any atom is -0.493 e. The number of aryl methyl sites for hydroxylation is 1. The lowest BCUT2D eigenvalue weighted by Gasteiger charge is -2.29. The Morgan fingerprint density at radius 3 is 2.35 bits per heavy atom. The number of fused-ring (bicyclic) bond motifs is 1. The molecule has 1 aromatic carbocycles. The minimum absolute atomic E-state index is 0.569. The molecule has 0 radical (unpaired) electrons. The van der Waals surface area contributed by atoms with Gasteiger partial charge in [0.2, 0.25) is 0 Å². The van der Waals surface area contributed by atoms with E-state index in [4.69, 9.17) is 20.5 Å². The number of nitrogens with zero attached hydrogens (tertiary/aromatic N) is 1. The minimum atomic E-state index is -0.743. The van der Waals surface area contributed by atoms with E-state index in [1.54, 1.807) is 14.2 Å². The lowest BCUT2D eigenvalue weighted by molar-refractivity contribution is 0.352. The zero-order chi connectivity index (χ0) is 12.5. The molecule has 2 rings (SSSR count). The van der Waals surface area contributed by atoms with Crippen LogP contribution < -0.4 is 15.2 Å². The molecule has 4 nitrogen and oxygen atoms in total. The highest BCUT2D eigenvalue weighted by atomic mass is 16.5. The second-order valence-electron chi connectivity index (χ2n) is 4.42. The van der Waals surface area contributed by atoms with Crippen LogP contribution in [-0.2, 0) is 12.8 Å². The number of ether oxygens (including phenoxy) is 2. The molecule has 1 unspecified atom stereocenters. The van der Waals surface area contributed by atoms with Crippen molar-refractivity contribution in [3.8, 4) is 17.6 Å². The predicted octanol–water partition coefficient (Wildman–Crippen LogP) is 1.41. The third kappa shape index (κ3) is 2.06. The van der Waals surface area contributed by atoms with Crippen LogP contribution in [-0.4, -0.2) is 19.8 Å². The van der Waals surface area contributed by atoms with Crippen LogP contribution in [0.25, 0.3) is 0 Å². The molecule has 0 fully saturated rings. The molecule has 2 N–H and O–H groups in total. The van der Waals surface area contributed by atoms with Gasteiger partial charge in [0.25, 0.3) is 0 Å². The van der Waals surface area contributed by atoms with Gasteiger partial charge in [0.15, 0.2) is 11.5 Å². The molecule has 1 aliphatic carbocycles. The van der Waals surface area contributed by atoms with Crippen LogP contribution in [0, 0.1) is 11.3 Å². The molecule has 0 bridgehead atoms. The van der Waals surface area contributed by atoms with Crippen molar-refractivity contribution in [3.63, 3.8) is 0 Å². The highest BCUT2D eigenvalue weighted by Gasteiger charge is 2.31. The van der Waals surface area contributed by atoms with Gasteiger partial charge in [0.05, 0.1) is 20.3 Å². The Morgan fingerprint density at radius 2 is 1.82 bits per heavy atom. The van der Waals surface area contributed by atoms with Gasteiger partial charge in [-0.1, -0.05) is 0 Å². The van der Waals surface area contributed by atoms with Crippen molar-refractivity contribution in [2.75, 3.05) is 14.2 Å². The fourth-order valence-corrected chi connectivity index (χ4v) is 2.24. The van der Waals surface area contributed by atoms with Crippen molar-refractivity contribution >= 4 is 0 Å². The molecular weight excluding hydrogens is 216 g/mol. The molecule has 90 valence electrons. The number of nitriles is 1. The molecule has 1 aliphatic rings. The van der Waals surface area contributed by atoms with E-state index in [1.807, 2.05) is 12.1 Å². The number of hydrogen-bond donors (Lipinski definition) is 1. The summed E-state index contributed by atoms with van der Waals surface area (Å²) in [5.74, 6) is 1.42. The number of nitrogens with two attached hydrogens (primary N) is 1. The van der Waals surface area contributed by atoms with E-state index in [1.165, 1.54) is 5.56 Å². The summed E-state index contributed by atoms with van der Waals surface area (Å²) < 4.78 is 10.5. The van der Waals surface area contributed by atoms with E-state index < -0.39 is 5.54 Å². The van der Waals surface area contributed by atoms with Crippen LogP contribution in [0.5, 0.6) is 11.5 Å². The first-order chi connectivity index (χ1) is 8.11. The smallest absolute Gasteiger partial charge is 0.161 e. The van der Waals surface area contributed by atoms with Gasteiger partial charge in [-0.15, -0.1) is 0 Å².